The minimum atomic E-state index is -1.34. The largest absolute Gasteiger partial charge is 0.477 e. The molecule has 3 aliphatic rings. The Hall–Kier alpha value is -6.21. The molecule has 0 radical (unpaired) electrons. The predicted octanol–water partition coefficient (Wildman–Crippen LogP) is 6.38. The van der Waals surface area contributed by atoms with Gasteiger partial charge >= 0.3 is 5.97 Å². The second-order valence-corrected chi connectivity index (χ2v) is 14.0. The van der Waals surface area contributed by atoms with Crippen molar-refractivity contribution < 1.29 is 23.5 Å². The molecule has 54 heavy (non-hydrogen) atoms. The number of amides is 1. The number of benzene rings is 4. The molecule has 8 rings (SSSR count). The second kappa shape index (κ2) is 14.0. The van der Waals surface area contributed by atoms with Crippen LogP contribution >= 0.6 is 0 Å². The predicted molar refractivity (Wildman–Crippen MR) is 207 cm³/mol. The third-order valence-corrected chi connectivity index (χ3v) is 10.1. The van der Waals surface area contributed by atoms with Gasteiger partial charge in [0.05, 0.1) is 34.9 Å². The molecule has 2 aliphatic heterocycles. The number of nitrogens with zero attached hydrogens (tertiary/aromatic N) is 7. The number of carbonyl (C=O) groups is 2. The summed E-state index contributed by atoms with van der Waals surface area (Å²) in [4.78, 5) is 55.3. The van der Waals surface area contributed by atoms with Crippen LogP contribution in [0.1, 0.15) is 40.4 Å². The van der Waals surface area contributed by atoms with Crippen molar-refractivity contribution in [2.45, 2.75) is 18.9 Å². The standard InChI is InChI=1S/C41H37F2N7O4/c1-46(2)29-10-3-25(4-11-29)22-44-27-6-8-28(9-7-27)45-38-31-19-26(42)5-14-35(31)50(40(38)52)24-47-15-17-48(18-16-47)37-21-36-32(20-34(37)43)39(51)33(41(53)54)23-49(36)30-12-13-30/h3-11,14,19-23,30H,12-13,15-18,24H2,1-2H3,(H,53,54). The van der Waals surface area contributed by atoms with Crippen molar-refractivity contribution in [1.82, 2.24) is 9.47 Å². The van der Waals surface area contributed by atoms with E-state index in [4.69, 9.17) is 0 Å². The molecule has 1 aromatic heterocycles. The zero-order valence-corrected chi connectivity index (χ0v) is 29.7. The van der Waals surface area contributed by atoms with Crippen LogP contribution < -0.4 is 20.1 Å². The molecule has 1 aliphatic carbocycles. The van der Waals surface area contributed by atoms with Gasteiger partial charge in [-0.25, -0.2) is 18.6 Å². The summed E-state index contributed by atoms with van der Waals surface area (Å²) >= 11 is 0. The maximum absolute atomic E-state index is 15.6. The molecule has 0 unspecified atom stereocenters. The lowest BCUT2D eigenvalue weighted by atomic mass is 10.1. The summed E-state index contributed by atoms with van der Waals surface area (Å²) in [6.07, 6.45) is 4.86. The quantitative estimate of drug-likeness (QED) is 0.175. The number of rotatable bonds is 9. The molecule has 1 saturated carbocycles. The van der Waals surface area contributed by atoms with E-state index >= 15 is 4.39 Å². The molecule has 11 nitrogen and oxygen atoms in total. The van der Waals surface area contributed by atoms with E-state index in [1.807, 2.05) is 60.3 Å². The maximum Gasteiger partial charge on any atom is 0.341 e. The second-order valence-electron chi connectivity index (χ2n) is 14.0. The number of hydrogen-bond donors (Lipinski definition) is 1. The maximum atomic E-state index is 15.6. The Morgan fingerprint density at radius 3 is 2.26 bits per heavy atom. The van der Waals surface area contributed by atoms with Crippen LogP contribution in [0.15, 0.2) is 99.8 Å². The minimum absolute atomic E-state index is 0.0493. The van der Waals surface area contributed by atoms with Crippen LogP contribution in [0, 0.1) is 11.6 Å². The van der Waals surface area contributed by atoms with E-state index in [0.29, 0.717) is 60.0 Å². The Labute approximate surface area is 309 Å². The molecule has 1 N–H and O–H groups in total. The van der Waals surface area contributed by atoms with E-state index in [-0.39, 0.29) is 35.3 Å². The van der Waals surface area contributed by atoms with Crippen LogP contribution in [0.3, 0.4) is 0 Å². The fraction of sp³-hybridized carbons (Fsp3) is 0.244. The van der Waals surface area contributed by atoms with Gasteiger partial charge < -0.3 is 19.5 Å². The van der Waals surface area contributed by atoms with Crippen molar-refractivity contribution >= 4 is 63.1 Å². The zero-order valence-electron chi connectivity index (χ0n) is 29.7. The van der Waals surface area contributed by atoms with Crippen molar-refractivity contribution in [3.8, 4) is 0 Å². The highest BCUT2D eigenvalue weighted by Gasteiger charge is 2.36. The molecule has 2 fully saturated rings. The average Bonchev–Trinajstić information content (AvgIpc) is 3.98. The van der Waals surface area contributed by atoms with Crippen molar-refractivity contribution in [3.63, 3.8) is 0 Å². The Bertz CT molecular complexity index is 2410. The van der Waals surface area contributed by atoms with Crippen LogP contribution in [0.25, 0.3) is 10.9 Å². The van der Waals surface area contributed by atoms with Crippen LogP contribution in [0.5, 0.6) is 0 Å². The number of halogens is 2. The third-order valence-electron chi connectivity index (χ3n) is 10.1. The molecular weight excluding hydrogens is 692 g/mol. The lowest BCUT2D eigenvalue weighted by molar-refractivity contribution is -0.112. The van der Waals surface area contributed by atoms with Gasteiger partial charge in [0.15, 0.2) is 0 Å². The van der Waals surface area contributed by atoms with Gasteiger partial charge in [-0.2, -0.15) is 0 Å². The summed E-state index contributed by atoms with van der Waals surface area (Å²) < 4.78 is 31.9. The van der Waals surface area contributed by atoms with Gasteiger partial charge in [-0.15, -0.1) is 0 Å². The number of pyridine rings is 1. The van der Waals surface area contributed by atoms with E-state index in [1.165, 1.54) is 18.3 Å². The molecule has 13 heteroatoms. The van der Waals surface area contributed by atoms with E-state index in [1.54, 1.807) is 39.9 Å². The summed E-state index contributed by atoms with van der Waals surface area (Å²) in [7, 11) is 3.97. The number of carboxylic acid groups (broad SMARTS) is 1. The third kappa shape index (κ3) is 6.73. The smallest absolute Gasteiger partial charge is 0.341 e. The van der Waals surface area contributed by atoms with Gasteiger partial charge in [0, 0.05) is 75.4 Å². The molecule has 1 amide bonds. The lowest BCUT2D eigenvalue weighted by Gasteiger charge is -2.38. The van der Waals surface area contributed by atoms with Crippen molar-refractivity contribution in [2.24, 2.45) is 9.98 Å². The van der Waals surface area contributed by atoms with Crippen LogP contribution in [0.4, 0.5) is 37.2 Å². The van der Waals surface area contributed by atoms with Gasteiger partial charge in [-0.3, -0.25) is 24.4 Å². The molecule has 5 aromatic rings. The summed E-state index contributed by atoms with van der Waals surface area (Å²) in [5, 5.41) is 9.62. The first-order chi connectivity index (χ1) is 26.0. The number of aliphatic imine (C=N–C) groups is 2. The zero-order chi connectivity index (χ0) is 37.7. The van der Waals surface area contributed by atoms with Crippen LogP contribution in [0.2, 0.25) is 0 Å². The monoisotopic (exact) mass is 729 g/mol. The summed E-state index contributed by atoms with van der Waals surface area (Å²) in [6, 6.07) is 22.3. The first-order valence-corrected chi connectivity index (χ1v) is 17.7. The number of carbonyl (C=O) groups excluding carboxylic acids is 1. The first-order valence-electron chi connectivity index (χ1n) is 17.7. The topological polar surface area (TPSA) is 114 Å². The molecule has 4 aromatic carbocycles. The van der Waals surface area contributed by atoms with E-state index < -0.39 is 23.0 Å². The molecule has 3 heterocycles. The number of aromatic nitrogens is 1. The fourth-order valence-corrected chi connectivity index (χ4v) is 7.02. The van der Waals surface area contributed by atoms with Crippen molar-refractivity contribution in [1.29, 1.82) is 0 Å². The normalized spacial score (nSPS) is 16.9. The van der Waals surface area contributed by atoms with Crippen molar-refractivity contribution in [3.05, 3.63) is 124 Å². The van der Waals surface area contributed by atoms with Gasteiger partial charge in [-0.05, 0) is 85.1 Å². The summed E-state index contributed by atoms with van der Waals surface area (Å²) in [5.74, 6) is -2.76. The highest BCUT2D eigenvalue weighted by molar-refractivity contribution is 6.54. The molecular formula is C41H37F2N7O4. The van der Waals surface area contributed by atoms with Gasteiger partial charge in [0.25, 0.3) is 5.91 Å². The van der Waals surface area contributed by atoms with E-state index in [2.05, 4.69) is 14.9 Å². The highest BCUT2D eigenvalue weighted by Crippen LogP contribution is 2.38. The number of anilines is 3. The lowest BCUT2D eigenvalue weighted by Crippen LogP contribution is -2.51. The first kappa shape index (κ1) is 34.9. The van der Waals surface area contributed by atoms with Gasteiger partial charge in [0.2, 0.25) is 5.43 Å². The van der Waals surface area contributed by atoms with Crippen molar-refractivity contribution in [2.75, 3.05) is 61.6 Å². The van der Waals surface area contributed by atoms with Crippen LogP contribution in [-0.2, 0) is 4.79 Å². The molecule has 0 atom stereocenters. The average molecular weight is 730 g/mol. The van der Waals surface area contributed by atoms with E-state index in [9.17, 15) is 23.9 Å². The van der Waals surface area contributed by atoms with Gasteiger partial charge in [-0.1, -0.05) is 12.1 Å². The summed E-state index contributed by atoms with van der Waals surface area (Å²) in [5.41, 5.74) is 4.19. The molecule has 0 spiro atoms. The Morgan fingerprint density at radius 1 is 0.889 bits per heavy atom. The number of piperazine rings is 1. The van der Waals surface area contributed by atoms with Crippen LogP contribution in [-0.4, -0.2) is 85.3 Å². The fourth-order valence-electron chi connectivity index (χ4n) is 7.02. The Kier molecular flexibility index (Phi) is 9.02. The summed E-state index contributed by atoms with van der Waals surface area (Å²) in [6.45, 7) is 2.11. The Morgan fingerprint density at radius 2 is 1.59 bits per heavy atom. The molecule has 0 bridgehead atoms. The Balaban J connectivity index is 0.972. The minimum Gasteiger partial charge on any atom is -0.477 e. The van der Waals surface area contributed by atoms with E-state index in [0.717, 1.165) is 30.2 Å². The van der Waals surface area contributed by atoms with Gasteiger partial charge in [0.1, 0.15) is 22.9 Å². The number of hydrogen-bond acceptors (Lipinski definition) is 8. The SMILES string of the molecule is CN(C)c1ccc(C=Nc2ccc(N=C3C(=O)N(CN4CCN(c5cc6c(cc5F)c(=O)c(C(=O)O)cn6C5CC5)CC4)c4ccc(F)cc43)cc2)cc1. The number of fused-ring (bicyclic) bond motifs is 2. The molecule has 274 valence electrons. The number of aromatic carboxylic acids is 1. The number of carboxylic acids is 1. The molecule has 1 saturated heterocycles. The highest BCUT2D eigenvalue weighted by atomic mass is 19.1.